The first kappa shape index (κ1) is 23.2. The lowest BCUT2D eigenvalue weighted by atomic mass is 9.98. The van der Waals surface area contributed by atoms with E-state index in [0.29, 0.717) is 16.9 Å². The first-order valence-corrected chi connectivity index (χ1v) is 11.0. The monoisotopic (exact) mass is 461 g/mol. The third kappa shape index (κ3) is 4.29. The number of aromatic hydroxyl groups is 1. The molecule has 0 bridgehead atoms. The van der Waals surface area contributed by atoms with Gasteiger partial charge in [-0.25, -0.2) is 9.59 Å². The second-order valence-corrected chi connectivity index (χ2v) is 8.40. The molecule has 1 amide bonds. The minimum atomic E-state index is -1.28. The van der Waals surface area contributed by atoms with Crippen molar-refractivity contribution in [2.75, 3.05) is 13.7 Å². The number of fused-ring (bicyclic) bond motifs is 3. The summed E-state index contributed by atoms with van der Waals surface area (Å²) in [6.45, 7) is 3.61. The Morgan fingerprint density at radius 1 is 1.00 bits per heavy atom. The van der Waals surface area contributed by atoms with E-state index in [9.17, 15) is 19.8 Å². The van der Waals surface area contributed by atoms with Gasteiger partial charge in [0.1, 0.15) is 24.1 Å². The van der Waals surface area contributed by atoms with Gasteiger partial charge in [-0.1, -0.05) is 48.5 Å². The quantitative estimate of drug-likeness (QED) is 0.477. The summed E-state index contributed by atoms with van der Waals surface area (Å²) in [7, 11) is 1.51. The fraction of sp³-hybridized carbons (Fsp3) is 0.259. The van der Waals surface area contributed by atoms with Crippen LogP contribution in [0.3, 0.4) is 0 Å². The van der Waals surface area contributed by atoms with Crippen LogP contribution in [0.1, 0.15) is 33.7 Å². The van der Waals surface area contributed by atoms with E-state index in [1.807, 2.05) is 48.5 Å². The SMILES string of the molecule is COc1cc(CC(NC(=O)OCC2c3ccccc3-c3ccccc32)C(=O)O)c(O)c(C)c1C. The van der Waals surface area contributed by atoms with Crippen molar-refractivity contribution in [1.29, 1.82) is 0 Å². The molecule has 0 spiro atoms. The highest BCUT2D eigenvalue weighted by atomic mass is 16.5. The molecule has 0 aliphatic heterocycles. The van der Waals surface area contributed by atoms with Crippen molar-refractivity contribution in [3.8, 4) is 22.6 Å². The molecule has 0 saturated carbocycles. The fourth-order valence-corrected chi connectivity index (χ4v) is 4.51. The van der Waals surface area contributed by atoms with Gasteiger partial charge in [-0.05, 0) is 53.3 Å². The Hall–Kier alpha value is -4.00. The minimum absolute atomic E-state index is 0.0149. The minimum Gasteiger partial charge on any atom is -0.507 e. The number of carbonyl (C=O) groups is 2. The lowest BCUT2D eigenvalue weighted by Gasteiger charge is -2.19. The summed E-state index contributed by atoms with van der Waals surface area (Å²) in [4.78, 5) is 24.4. The number of rotatable bonds is 7. The van der Waals surface area contributed by atoms with E-state index in [1.54, 1.807) is 19.9 Å². The van der Waals surface area contributed by atoms with E-state index in [2.05, 4.69) is 5.32 Å². The molecule has 7 heteroatoms. The number of ether oxygens (including phenoxy) is 2. The molecule has 7 nitrogen and oxygen atoms in total. The molecule has 176 valence electrons. The van der Waals surface area contributed by atoms with Crippen molar-refractivity contribution in [3.05, 3.63) is 82.4 Å². The molecule has 0 saturated heterocycles. The number of phenols is 1. The van der Waals surface area contributed by atoms with Gasteiger partial charge in [-0.3, -0.25) is 0 Å². The summed E-state index contributed by atoms with van der Waals surface area (Å²) in [6, 6.07) is 16.2. The standard InChI is InChI=1S/C27H27NO6/c1-15-16(2)25(29)17(13-24(15)33-3)12-23(26(30)31)28-27(32)34-14-22-20-10-6-4-8-18(20)19-9-5-7-11-21(19)22/h4-11,13,22-23,29H,12,14H2,1-3H3,(H,28,32)(H,30,31). The van der Waals surface area contributed by atoms with Crippen molar-refractivity contribution in [2.24, 2.45) is 0 Å². The van der Waals surface area contributed by atoms with Gasteiger partial charge in [-0.15, -0.1) is 0 Å². The van der Waals surface area contributed by atoms with Gasteiger partial charge < -0.3 is 25.0 Å². The van der Waals surface area contributed by atoms with E-state index in [-0.39, 0.29) is 24.7 Å². The van der Waals surface area contributed by atoms with E-state index in [0.717, 1.165) is 27.8 Å². The van der Waals surface area contributed by atoms with Gasteiger partial charge in [-0.2, -0.15) is 0 Å². The van der Waals surface area contributed by atoms with Crippen LogP contribution in [0, 0.1) is 13.8 Å². The number of carboxylic acids is 1. The smallest absolute Gasteiger partial charge is 0.407 e. The Labute approximate surface area is 198 Å². The van der Waals surface area contributed by atoms with Crippen LogP contribution in [0.2, 0.25) is 0 Å². The first-order valence-electron chi connectivity index (χ1n) is 11.0. The summed E-state index contributed by atoms with van der Waals surface area (Å²) in [5.41, 5.74) is 6.08. The zero-order valence-corrected chi connectivity index (χ0v) is 19.3. The van der Waals surface area contributed by atoms with Crippen molar-refractivity contribution in [1.82, 2.24) is 5.32 Å². The highest BCUT2D eigenvalue weighted by Gasteiger charge is 2.30. The number of methoxy groups -OCH3 is 1. The lowest BCUT2D eigenvalue weighted by Crippen LogP contribution is -2.43. The van der Waals surface area contributed by atoms with Gasteiger partial charge in [0.25, 0.3) is 0 Å². The molecule has 3 aromatic carbocycles. The molecular weight excluding hydrogens is 434 g/mol. The maximum absolute atomic E-state index is 12.6. The van der Waals surface area contributed by atoms with E-state index in [4.69, 9.17) is 9.47 Å². The zero-order chi connectivity index (χ0) is 24.4. The summed E-state index contributed by atoms with van der Waals surface area (Å²) < 4.78 is 10.8. The van der Waals surface area contributed by atoms with Gasteiger partial charge in [0.05, 0.1) is 7.11 Å². The first-order chi connectivity index (χ1) is 16.3. The van der Waals surface area contributed by atoms with Crippen LogP contribution < -0.4 is 10.1 Å². The number of amides is 1. The lowest BCUT2D eigenvalue weighted by molar-refractivity contribution is -0.139. The number of aliphatic carboxylic acids is 1. The molecule has 1 atom stereocenters. The average molecular weight is 462 g/mol. The Kier molecular flexibility index (Phi) is 6.45. The molecule has 3 N–H and O–H groups in total. The molecule has 0 aromatic heterocycles. The molecule has 0 radical (unpaired) electrons. The number of hydrogen-bond acceptors (Lipinski definition) is 5. The summed E-state index contributed by atoms with van der Waals surface area (Å²) in [5.74, 6) is -0.839. The predicted octanol–water partition coefficient (Wildman–Crippen LogP) is 4.55. The molecule has 4 rings (SSSR count). The molecule has 1 aliphatic carbocycles. The van der Waals surface area contributed by atoms with Crippen molar-refractivity contribution in [3.63, 3.8) is 0 Å². The van der Waals surface area contributed by atoms with Crippen LogP contribution in [0.25, 0.3) is 11.1 Å². The zero-order valence-electron chi connectivity index (χ0n) is 19.3. The average Bonchev–Trinajstić information content (AvgIpc) is 3.16. The number of phenolic OH excluding ortho intramolecular Hbond substituents is 1. The van der Waals surface area contributed by atoms with Crippen LogP contribution in [-0.4, -0.2) is 42.0 Å². The predicted molar refractivity (Wildman–Crippen MR) is 127 cm³/mol. The highest BCUT2D eigenvalue weighted by Crippen LogP contribution is 2.44. The van der Waals surface area contributed by atoms with Crippen LogP contribution in [0.4, 0.5) is 4.79 Å². The van der Waals surface area contributed by atoms with Crippen LogP contribution in [-0.2, 0) is 16.0 Å². The maximum atomic E-state index is 12.6. The van der Waals surface area contributed by atoms with Crippen molar-refractivity contribution < 1.29 is 29.3 Å². The van der Waals surface area contributed by atoms with Crippen LogP contribution in [0.15, 0.2) is 54.6 Å². The Bertz CT molecular complexity index is 1210. The van der Waals surface area contributed by atoms with Gasteiger partial charge in [0.2, 0.25) is 0 Å². The van der Waals surface area contributed by atoms with Crippen molar-refractivity contribution >= 4 is 12.1 Å². The largest absolute Gasteiger partial charge is 0.507 e. The molecular formula is C27H27NO6. The summed E-state index contributed by atoms with van der Waals surface area (Å²) in [6.07, 6.45) is -0.951. The van der Waals surface area contributed by atoms with E-state index in [1.165, 1.54) is 7.11 Å². The topological polar surface area (TPSA) is 105 Å². The molecule has 1 aliphatic rings. The number of benzene rings is 3. The van der Waals surface area contributed by atoms with Gasteiger partial charge in [0.15, 0.2) is 0 Å². The molecule has 0 fully saturated rings. The van der Waals surface area contributed by atoms with E-state index < -0.39 is 18.1 Å². The third-order valence-electron chi connectivity index (χ3n) is 6.47. The number of carbonyl (C=O) groups excluding carboxylic acids is 1. The second-order valence-electron chi connectivity index (χ2n) is 8.40. The number of alkyl carbamates (subject to hydrolysis) is 1. The van der Waals surface area contributed by atoms with E-state index >= 15 is 0 Å². The molecule has 1 unspecified atom stereocenters. The summed E-state index contributed by atoms with van der Waals surface area (Å²) in [5, 5.41) is 22.6. The molecule has 0 heterocycles. The van der Waals surface area contributed by atoms with Crippen molar-refractivity contribution in [2.45, 2.75) is 32.2 Å². The molecule has 3 aromatic rings. The molecule has 34 heavy (non-hydrogen) atoms. The normalized spacial score (nSPS) is 13.0. The maximum Gasteiger partial charge on any atom is 0.407 e. The van der Waals surface area contributed by atoms with Crippen LogP contribution >= 0.6 is 0 Å². The Balaban J connectivity index is 1.47. The fourth-order valence-electron chi connectivity index (χ4n) is 4.51. The summed E-state index contributed by atoms with van der Waals surface area (Å²) >= 11 is 0. The number of nitrogens with one attached hydrogen (secondary N) is 1. The second kappa shape index (κ2) is 9.47. The highest BCUT2D eigenvalue weighted by molar-refractivity contribution is 5.81. The third-order valence-corrected chi connectivity index (χ3v) is 6.47. The van der Waals surface area contributed by atoms with Gasteiger partial charge >= 0.3 is 12.1 Å². The number of carboxylic acid groups (broad SMARTS) is 1. The number of hydrogen-bond donors (Lipinski definition) is 3. The van der Waals surface area contributed by atoms with Crippen LogP contribution in [0.5, 0.6) is 11.5 Å². The van der Waals surface area contributed by atoms with Gasteiger partial charge in [0, 0.05) is 17.9 Å². The Morgan fingerprint density at radius 2 is 1.59 bits per heavy atom. The Morgan fingerprint density at radius 3 is 2.15 bits per heavy atom.